The van der Waals surface area contributed by atoms with Crippen molar-refractivity contribution in [1.29, 1.82) is 0 Å². The number of amides is 2. The molecule has 2 aromatic carbocycles. The van der Waals surface area contributed by atoms with Gasteiger partial charge in [-0.05, 0) is 35.1 Å². The number of hydrogen-bond acceptors (Lipinski definition) is 4. The second kappa shape index (κ2) is 8.80. The number of ether oxygens (including phenoxy) is 1. The van der Waals surface area contributed by atoms with Gasteiger partial charge in [0, 0.05) is 19.4 Å². The Morgan fingerprint density at radius 3 is 2.12 bits per heavy atom. The first kappa shape index (κ1) is 22.7. The number of rotatable bonds is 8. The molecule has 1 fully saturated rings. The molecule has 2 aliphatic carbocycles. The molecule has 7 nitrogen and oxygen atoms in total. The molecule has 2 aromatic rings. The minimum Gasteiger partial charge on any atom is -0.479 e. The van der Waals surface area contributed by atoms with Crippen LogP contribution >= 0.6 is 0 Å². The van der Waals surface area contributed by atoms with Crippen molar-refractivity contribution in [2.75, 3.05) is 13.7 Å². The number of nitrogens with one attached hydrogen (secondary N) is 1. The van der Waals surface area contributed by atoms with E-state index in [-0.39, 0.29) is 25.4 Å². The van der Waals surface area contributed by atoms with Gasteiger partial charge in [0.1, 0.15) is 18.2 Å². The Labute approximate surface area is 189 Å². The van der Waals surface area contributed by atoms with E-state index in [4.69, 9.17) is 4.74 Å². The quantitative estimate of drug-likeness (QED) is 0.630. The molecule has 0 aliphatic heterocycles. The van der Waals surface area contributed by atoms with Crippen LogP contribution in [0.25, 0.3) is 11.1 Å². The lowest BCUT2D eigenvalue weighted by Crippen LogP contribution is -2.54. The molecule has 174 valence electrons. The molecule has 1 unspecified atom stereocenters. The average molecular weight is 458 g/mol. The molecule has 4 rings (SSSR count). The van der Waals surface area contributed by atoms with Gasteiger partial charge in [-0.15, -0.1) is 0 Å². The maximum Gasteiger partial charge on any atom is 0.407 e. The Hall–Kier alpha value is -3.49. The molecular weight excluding hydrogens is 434 g/mol. The van der Waals surface area contributed by atoms with Gasteiger partial charge in [-0.3, -0.25) is 4.79 Å². The Kier molecular flexibility index (Phi) is 6.05. The van der Waals surface area contributed by atoms with Crippen molar-refractivity contribution < 1.29 is 33.0 Å². The van der Waals surface area contributed by atoms with E-state index in [1.54, 1.807) is 0 Å². The zero-order valence-electron chi connectivity index (χ0n) is 18.0. The maximum absolute atomic E-state index is 13.1. The number of nitrogens with zero attached hydrogens (tertiary/aromatic N) is 1. The number of halogens is 2. The highest BCUT2D eigenvalue weighted by molar-refractivity contribution is 5.93. The van der Waals surface area contributed by atoms with Crippen LogP contribution in [0.1, 0.15) is 36.3 Å². The summed E-state index contributed by atoms with van der Waals surface area (Å²) in [6.07, 6.45) is -4.36. The summed E-state index contributed by atoms with van der Waals surface area (Å²) < 4.78 is 31.6. The fourth-order valence-corrected chi connectivity index (χ4v) is 4.44. The highest BCUT2D eigenvalue weighted by atomic mass is 19.3. The number of carboxylic acids is 1. The summed E-state index contributed by atoms with van der Waals surface area (Å²) in [7, 11) is 1.25. The van der Waals surface area contributed by atoms with E-state index in [2.05, 4.69) is 5.32 Å². The van der Waals surface area contributed by atoms with Crippen LogP contribution in [0.4, 0.5) is 13.6 Å². The third kappa shape index (κ3) is 4.27. The number of aliphatic carboxylic acids is 1. The molecule has 0 radical (unpaired) electrons. The molecule has 2 N–H and O–H groups in total. The van der Waals surface area contributed by atoms with Crippen LogP contribution in [0.5, 0.6) is 0 Å². The second-order valence-corrected chi connectivity index (χ2v) is 8.38. The summed E-state index contributed by atoms with van der Waals surface area (Å²) in [6, 6.07) is 13.9. The predicted molar refractivity (Wildman–Crippen MR) is 115 cm³/mol. The number of carboxylic acid groups (broad SMARTS) is 1. The monoisotopic (exact) mass is 458 g/mol. The van der Waals surface area contributed by atoms with Crippen molar-refractivity contribution in [3.05, 3.63) is 59.7 Å². The smallest absolute Gasteiger partial charge is 0.407 e. The van der Waals surface area contributed by atoms with E-state index in [0.717, 1.165) is 27.2 Å². The van der Waals surface area contributed by atoms with E-state index in [1.165, 1.54) is 7.05 Å². The van der Waals surface area contributed by atoms with Crippen molar-refractivity contribution in [2.45, 2.75) is 43.2 Å². The summed E-state index contributed by atoms with van der Waals surface area (Å²) in [5.41, 5.74) is 2.66. The third-order valence-corrected chi connectivity index (χ3v) is 6.44. The van der Waals surface area contributed by atoms with Gasteiger partial charge in [-0.2, -0.15) is 0 Å². The number of alkyl carbamates (subject to hydrolysis) is 1. The van der Waals surface area contributed by atoms with Crippen LogP contribution in [0.2, 0.25) is 0 Å². The Morgan fingerprint density at radius 1 is 1.09 bits per heavy atom. The molecule has 2 aliphatic rings. The highest BCUT2D eigenvalue weighted by Gasteiger charge is 2.56. The maximum atomic E-state index is 13.1. The number of alkyl halides is 2. The first-order valence-electron chi connectivity index (χ1n) is 10.7. The van der Waals surface area contributed by atoms with Crippen LogP contribution in [0.3, 0.4) is 0 Å². The van der Waals surface area contributed by atoms with Gasteiger partial charge < -0.3 is 20.1 Å². The largest absolute Gasteiger partial charge is 0.479 e. The van der Waals surface area contributed by atoms with Crippen LogP contribution in [0, 0.1) is 0 Å². The zero-order chi connectivity index (χ0) is 23.8. The van der Waals surface area contributed by atoms with Gasteiger partial charge in [0.05, 0.1) is 0 Å². The molecule has 33 heavy (non-hydrogen) atoms. The van der Waals surface area contributed by atoms with E-state index in [9.17, 15) is 28.3 Å². The molecule has 0 saturated heterocycles. The Morgan fingerprint density at radius 2 is 1.64 bits per heavy atom. The summed E-state index contributed by atoms with van der Waals surface area (Å²) in [5.74, 6) is -2.31. The highest BCUT2D eigenvalue weighted by Crippen LogP contribution is 2.44. The SMILES string of the molecule is CN(C(=O)C(CC(F)F)NC(=O)OCC1c2ccccc2-c2ccccc21)C1(C(=O)O)CC1. The first-order chi connectivity index (χ1) is 15.7. The first-order valence-corrected chi connectivity index (χ1v) is 10.7. The van der Waals surface area contributed by atoms with Crippen LogP contribution in [-0.2, 0) is 14.3 Å². The molecule has 0 heterocycles. The molecule has 1 saturated carbocycles. The van der Waals surface area contributed by atoms with Crippen molar-refractivity contribution in [2.24, 2.45) is 0 Å². The van der Waals surface area contributed by atoms with Crippen LogP contribution < -0.4 is 5.32 Å². The fraction of sp³-hybridized carbons (Fsp3) is 0.375. The number of hydrogen-bond donors (Lipinski definition) is 2. The van der Waals surface area contributed by atoms with Crippen LogP contribution in [-0.4, -0.2) is 59.6 Å². The number of fused-ring (bicyclic) bond motifs is 3. The number of benzene rings is 2. The summed E-state index contributed by atoms with van der Waals surface area (Å²) in [4.78, 5) is 37.7. The van der Waals surface area contributed by atoms with Gasteiger partial charge in [-0.1, -0.05) is 48.5 Å². The lowest BCUT2D eigenvalue weighted by atomic mass is 9.98. The zero-order valence-corrected chi connectivity index (χ0v) is 18.0. The summed E-state index contributed by atoms with van der Waals surface area (Å²) in [5, 5.41) is 11.6. The van der Waals surface area contributed by atoms with Gasteiger partial charge in [0.15, 0.2) is 0 Å². The van der Waals surface area contributed by atoms with E-state index in [0.29, 0.717) is 0 Å². The number of carbonyl (C=O) groups is 3. The van der Waals surface area contributed by atoms with Crippen molar-refractivity contribution in [3.63, 3.8) is 0 Å². The average Bonchev–Trinajstić information content (AvgIpc) is 3.55. The summed E-state index contributed by atoms with van der Waals surface area (Å²) >= 11 is 0. The minimum absolute atomic E-state index is 0.0373. The summed E-state index contributed by atoms with van der Waals surface area (Å²) in [6.45, 7) is -0.0373. The topological polar surface area (TPSA) is 95.9 Å². The molecular formula is C24H24F2N2O5. The van der Waals surface area contributed by atoms with Gasteiger partial charge in [0.2, 0.25) is 12.3 Å². The number of likely N-dealkylation sites (N-methyl/N-ethyl adjacent to an activating group) is 1. The molecule has 1 atom stereocenters. The van der Waals surface area contributed by atoms with Gasteiger partial charge in [0.25, 0.3) is 0 Å². The minimum atomic E-state index is -2.87. The fourth-order valence-electron chi connectivity index (χ4n) is 4.44. The van der Waals surface area contributed by atoms with E-state index >= 15 is 0 Å². The van der Waals surface area contributed by atoms with E-state index in [1.807, 2.05) is 48.5 Å². The van der Waals surface area contributed by atoms with Gasteiger partial charge in [-0.25, -0.2) is 18.4 Å². The van der Waals surface area contributed by atoms with Crippen molar-refractivity contribution >= 4 is 18.0 Å². The molecule has 0 aromatic heterocycles. The molecule has 0 spiro atoms. The predicted octanol–water partition coefficient (Wildman–Crippen LogP) is 3.62. The molecule has 9 heteroatoms. The normalized spacial score (nSPS) is 16.5. The lowest BCUT2D eigenvalue weighted by Gasteiger charge is -2.29. The van der Waals surface area contributed by atoms with Crippen LogP contribution in [0.15, 0.2) is 48.5 Å². The van der Waals surface area contributed by atoms with Gasteiger partial charge >= 0.3 is 12.1 Å². The lowest BCUT2D eigenvalue weighted by molar-refractivity contribution is -0.152. The standard InChI is InChI=1S/C24H24F2N2O5/c1-28(24(10-11-24)22(30)31)21(29)19(12-20(25)26)27-23(32)33-13-18-16-8-4-2-6-14(16)15-7-3-5-9-17(15)18/h2-9,18-20H,10-13H2,1H3,(H,27,32)(H,30,31). The third-order valence-electron chi connectivity index (χ3n) is 6.44. The van der Waals surface area contributed by atoms with E-state index < -0.39 is 42.4 Å². The Bertz CT molecular complexity index is 1040. The molecule has 2 amide bonds. The second-order valence-electron chi connectivity index (χ2n) is 8.38. The number of carbonyl (C=O) groups excluding carboxylic acids is 2. The van der Waals surface area contributed by atoms with Crippen molar-refractivity contribution in [1.82, 2.24) is 10.2 Å². The Balaban J connectivity index is 1.44. The van der Waals surface area contributed by atoms with Crippen molar-refractivity contribution in [3.8, 4) is 11.1 Å². The molecule has 0 bridgehead atoms.